The lowest BCUT2D eigenvalue weighted by Gasteiger charge is -2.25. The molecule has 0 aliphatic heterocycles. The Labute approximate surface area is 627 Å². The van der Waals surface area contributed by atoms with Crippen LogP contribution in [0.1, 0.15) is 52.8 Å². The van der Waals surface area contributed by atoms with Crippen molar-refractivity contribution in [2.45, 2.75) is 33.5 Å². The van der Waals surface area contributed by atoms with Crippen LogP contribution in [0.3, 0.4) is 0 Å². The molecule has 0 saturated carbocycles. The maximum atomic E-state index is 13.1. The summed E-state index contributed by atoms with van der Waals surface area (Å²) in [5.41, 5.74) is 18.4. The molecule has 21 heteroatoms. The van der Waals surface area contributed by atoms with Crippen LogP contribution >= 0.6 is 0 Å². The average molecular weight is 1430 g/mol. The third kappa shape index (κ3) is 17.1. The molecule has 0 aromatic heterocycles. The summed E-state index contributed by atoms with van der Waals surface area (Å²) in [6.07, 6.45) is 3.02. The number of azo groups is 2. The molecule has 11 aromatic rings. The van der Waals surface area contributed by atoms with Gasteiger partial charge in [-0.05, 0) is 233 Å². The van der Waals surface area contributed by atoms with Crippen molar-refractivity contribution in [3.8, 4) is 45.9 Å². The molecule has 0 fully saturated rings. The highest BCUT2D eigenvalue weighted by atomic mass is 16.5. The van der Waals surface area contributed by atoms with Gasteiger partial charge in [0.2, 0.25) is 12.2 Å². The number of anilines is 7. The molecular formula is C88H60N14O7. The van der Waals surface area contributed by atoms with E-state index in [0.29, 0.717) is 95.6 Å². The smallest absolute Gasteiger partial charge is 0.338 e. The molecule has 0 atom stereocenters. The summed E-state index contributed by atoms with van der Waals surface area (Å²) in [7, 11) is 0. The first-order valence-corrected chi connectivity index (χ1v) is 33.6. The molecule has 109 heavy (non-hydrogen) atoms. The topological polar surface area (TPSA) is 265 Å². The number of ether oxygens (including phenoxy) is 2. The molecule has 0 bridgehead atoms. The van der Waals surface area contributed by atoms with Gasteiger partial charge in [-0.25, -0.2) is 54.2 Å². The largest absolute Gasteiger partial charge is 0.423 e. The summed E-state index contributed by atoms with van der Waals surface area (Å²) in [5, 5.41) is 43.2. The number of esters is 2. The summed E-state index contributed by atoms with van der Waals surface area (Å²) in [5.74, 6) is -0.264. The first kappa shape index (κ1) is 72.9. The van der Waals surface area contributed by atoms with Crippen molar-refractivity contribution in [1.29, 1.82) is 10.5 Å². The third-order valence-electron chi connectivity index (χ3n) is 17.1. The number of nitrogens with zero attached hydrogens (tertiary/aromatic N) is 12. The van der Waals surface area contributed by atoms with E-state index < -0.39 is 18.0 Å². The van der Waals surface area contributed by atoms with E-state index in [9.17, 15) is 34.5 Å². The summed E-state index contributed by atoms with van der Waals surface area (Å²) in [6.45, 7) is 26.0. The van der Waals surface area contributed by atoms with Gasteiger partial charge in [0.1, 0.15) is 11.5 Å². The number of urea groups is 1. The van der Waals surface area contributed by atoms with Crippen LogP contribution in [0.2, 0.25) is 0 Å². The quantitative estimate of drug-likeness (QED) is 0.00998. The van der Waals surface area contributed by atoms with Crippen molar-refractivity contribution in [2.75, 3.05) is 15.1 Å². The Morgan fingerprint density at radius 1 is 0.422 bits per heavy atom. The van der Waals surface area contributed by atoms with Gasteiger partial charge in [-0.3, -0.25) is 0 Å². The second-order valence-corrected chi connectivity index (χ2v) is 24.5. The van der Waals surface area contributed by atoms with E-state index >= 15 is 0 Å². The lowest BCUT2D eigenvalue weighted by atomic mass is 10.0. The van der Waals surface area contributed by atoms with Crippen molar-refractivity contribution in [3.05, 3.63) is 352 Å². The molecule has 0 radical (unpaired) electrons. The fraction of sp³-hybridized carbons (Fsp3) is 0.0568. The number of carbonyl (C=O) groups excluding carboxylic acids is 5. The zero-order valence-electron chi connectivity index (χ0n) is 58.5. The number of hydrogen-bond acceptors (Lipinski definition) is 17. The van der Waals surface area contributed by atoms with Crippen LogP contribution in [0.4, 0.5) is 67.4 Å². The fourth-order valence-corrected chi connectivity index (χ4v) is 12.2. The van der Waals surface area contributed by atoms with E-state index in [-0.39, 0.29) is 31.0 Å². The summed E-state index contributed by atoms with van der Waals surface area (Å²) in [4.78, 5) is 76.9. The van der Waals surface area contributed by atoms with Gasteiger partial charge in [-0.1, -0.05) is 110 Å². The van der Waals surface area contributed by atoms with Gasteiger partial charge in [0.25, 0.3) is 11.4 Å². The second-order valence-electron chi connectivity index (χ2n) is 24.5. The van der Waals surface area contributed by atoms with Crippen molar-refractivity contribution in [2.24, 2.45) is 30.4 Å². The lowest BCUT2D eigenvalue weighted by molar-refractivity contribution is -0.130. The van der Waals surface area contributed by atoms with Gasteiger partial charge in [0, 0.05) is 68.6 Å². The van der Waals surface area contributed by atoms with Crippen LogP contribution in [0.25, 0.3) is 43.1 Å². The van der Waals surface area contributed by atoms with Crippen molar-refractivity contribution < 1.29 is 33.4 Å². The number of rotatable bonds is 21. The van der Waals surface area contributed by atoms with Crippen LogP contribution < -0.4 is 29.9 Å². The summed E-state index contributed by atoms with van der Waals surface area (Å²) < 4.78 is 10.8. The number of para-hydroxylation sites is 2. The predicted octanol–water partition coefficient (Wildman–Crippen LogP) is 21.5. The van der Waals surface area contributed by atoms with Crippen LogP contribution in [-0.4, -0.2) is 30.1 Å². The summed E-state index contributed by atoms with van der Waals surface area (Å²) >= 11 is 0. The van der Waals surface area contributed by atoms with Crippen LogP contribution in [0.5, 0.6) is 11.5 Å². The molecule has 21 nitrogen and oxygen atoms in total. The molecule has 524 valence electrons. The van der Waals surface area contributed by atoms with E-state index in [1.807, 2.05) is 181 Å². The normalized spacial score (nSPS) is 12.0. The number of nitriles is 2. The molecule has 2 aliphatic carbocycles. The molecule has 0 heterocycles. The fourth-order valence-electron chi connectivity index (χ4n) is 12.2. The van der Waals surface area contributed by atoms with E-state index in [1.54, 1.807) is 80.6 Å². The Hall–Kier alpha value is -15.9. The second kappa shape index (κ2) is 33.9. The first-order chi connectivity index (χ1) is 53.1. The number of benzene rings is 11. The number of amides is 2. The monoisotopic (exact) mass is 1420 g/mol. The first-order valence-electron chi connectivity index (χ1n) is 33.6. The van der Waals surface area contributed by atoms with Gasteiger partial charge >= 0.3 is 18.0 Å². The van der Waals surface area contributed by atoms with Gasteiger partial charge < -0.3 is 29.9 Å². The van der Waals surface area contributed by atoms with Crippen molar-refractivity contribution >= 4 is 104 Å². The van der Waals surface area contributed by atoms with Gasteiger partial charge in [-0.2, -0.15) is 20.5 Å². The standard InChI is InChI=1S/C46H31N9O3.C42H29N5O4/c1-48-44(25-47)45-40-18-14-35(52-46(58)51-28-33-21-31(26-49-29-56)20-32(22-33)27-50-30-57)23-42(40)43-24-36(15-19-41(43)45)54-53-34-12-16-39(17-13-34)55(37-8-4-2-5-9-37)38-10-6-3-7-11-38;1-26(2)41(48)50-33-19-15-31(16-20-33)47(32-17-21-34(22-18-32)51-42(49)27(3)4)30-13-10-28(11-14-30)45-46-29-12-23-37-38(24-29)35-8-6-7-9-36(35)40(37)39(25-43)44-5/h2-24H,26-28H2,(H2,51,52,58);6-24H,1,3H2,2,4H3/b45-44+,54-53?;40-39+,46-45?. The maximum Gasteiger partial charge on any atom is 0.338 e. The number of isocyanates is 2. The van der Waals surface area contributed by atoms with Gasteiger partial charge in [-0.15, -0.1) is 0 Å². The number of carbonyl (C=O) groups is 3. The Kier molecular flexibility index (Phi) is 22.7. The van der Waals surface area contributed by atoms with E-state index in [0.717, 1.165) is 61.9 Å². The highest BCUT2D eigenvalue weighted by Gasteiger charge is 2.29. The van der Waals surface area contributed by atoms with E-state index in [4.69, 9.17) is 22.6 Å². The number of fused-ring (bicyclic) bond motifs is 6. The molecule has 0 unspecified atom stereocenters. The molecule has 11 aromatic carbocycles. The zero-order chi connectivity index (χ0) is 76.3. The average Bonchev–Trinajstić information content (AvgIpc) is 1.64. The van der Waals surface area contributed by atoms with Gasteiger partial charge in [0.05, 0.1) is 61.1 Å². The molecule has 13 rings (SSSR count). The molecular weight excluding hydrogens is 1370 g/mol. The SMILES string of the molecule is [C-]#[N+]/C(C#N)=C1/c2ccc(N=Nc3ccc(N(c4ccccc4)c4ccccc4)cc3)cc2-c2cc(NC(=O)NCc3cc(CN=C=O)cc(CN=C=O)c3)ccc21.[C-]#[N+]/C(C#N)=C1\c2ccccc2-c2cc(N=Nc3ccc(N(c4ccc(OC(=O)C(=C)C)cc4)c4ccc(OC(=O)C(=C)C)cc4)cc3)ccc21. The molecule has 0 saturated heterocycles. The number of aliphatic imine (C=N–C) groups is 2. The number of nitrogens with one attached hydrogen (secondary N) is 2. The van der Waals surface area contributed by atoms with E-state index in [2.05, 4.69) is 93.1 Å². The molecule has 2 amide bonds. The Morgan fingerprint density at radius 3 is 1.18 bits per heavy atom. The van der Waals surface area contributed by atoms with Crippen molar-refractivity contribution in [1.82, 2.24) is 5.32 Å². The Morgan fingerprint density at radius 2 is 0.771 bits per heavy atom. The predicted molar refractivity (Wildman–Crippen MR) is 418 cm³/mol. The van der Waals surface area contributed by atoms with Gasteiger partial charge in [0.15, 0.2) is 0 Å². The van der Waals surface area contributed by atoms with Crippen LogP contribution in [0.15, 0.2) is 321 Å². The minimum absolute atomic E-state index is 0.0489. The molecule has 0 spiro atoms. The van der Waals surface area contributed by atoms with Crippen LogP contribution in [-0.2, 0) is 38.8 Å². The third-order valence-corrected chi connectivity index (χ3v) is 17.1. The number of hydrogen-bond donors (Lipinski definition) is 2. The minimum Gasteiger partial charge on any atom is -0.423 e. The highest BCUT2D eigenvalue weighted by molar-refractivity contribution is 6.06. The summed E-state index contributed by atoms with van der Waals surface area (Å²) in [6, 6.07) is 82.6. The van der Waals surface area contributed by atoms with Crippen LogP contribution in [0, 0.1) is 35.8 Å². The molecule has 2 aliphatic rings. The lowest BCUT2D eigenvalue weighted by Crippen LogP contribution is -2.28. The minimum atomic E-state index is -0.510. The Balaban J connectivity index is 0.000000205. The highest BCUT2D eigenvalue weighted by Crippen LogP contribution is 2.50. The maximum absolute atomic E-state index is 13.1. The van der Waals surface area contributed by atoms with Crippen molar-refractivity contribution in [3.63, 3.8) is 0 Å². The number of allylic oxidation sites excluding steroid dienone is 2. The zero-order valence-corrected chi connectivity index (χ0v) is 58.5. The molecule has 2 N–H and O–H groups in total. The van der Waals surface area contributed by atoms with E-state index in [1.165, 1.54) is 12.2 Å². The Bertz CT molecular complexity index is 5650.